The lowest BCUT2D eigenvalue weighted by atomic mass is 9.96. The number of aliphatic carboxylic acids is 1. The number of imide groups is 1. The number of carbonyl (C=O) groups is 15. The van der Waals surface area contributed by atoms with Crippen LogP contribution in [0.1, 0.15) is 129 Å². The summed E-state index contributed by atoms with van der Waals surface area (Å²) in [6, 6.07) is 1.04. The van der Waals surface area contributed by atoms with E-state index in [2.05, 4.69) is 98.7 Å². The molecule has 0 fully saturated rings. The van der Waals surface area contributed by atoms with Crippen LogP contribution in [0.4, 0.5) is 0 Å². The van der Waals surface area contributed by atoms with Crippen LogP contribution in [0.5, 0.6) is 0 Å². The summed E-state index contributed by atoms with van der Waals surface area (Å²) in [5, 5.41) is 37.7. The van der Waals surface area contributed by atoms with Crippen LogP contribution in [0, 0.1) is 11.8 Å². The van der Waals surface area contributed by atoms with Crippen molar-refractivity contribution in [1.82, 2.24) is 63.4 Å². The number of rotatable bonds is 54. The maximum Gasteiger partial charge on any atom is 0.305 e. The van der Waals surface area contributed by atoms with Crippen molar-refractivity contribution in [2.45, 2.75) is 197 Å². The maximum atomic E-state index is 14.8. The molecular weight excluding hydrogens is 1500 g/mol. The minimum Gasteiger partial charge on any atom is -0.481 e. The van der Waals surface area contributed by atoms with E-state index in [1.807, 2.05) is 0 Å². The topological polar surface area (TPSA) is 657 Å². The standard InChI is InChI=1S/C71H115N23O16S2/c1-6-40(3)57(92-62(104)47(25-18-30-81-70(76)77)86-54(97)36-83-53(96)35-84-61(103)49(32-43-20-11-8-12-21-43)88-59(101)42(5)85-60(102)46(73)38-111)66(108)89-50(34-56(99)100)64(106)87-48(26-19-31-82-71(78)79)63(105)93-58(41(4)7-2)67(109)91-52(39-112)65(107)90-51(33-44-22-13-9-14-23-44)68(110)94(55(98)27-15-10-16-28-72)45(37-95)24-17-29-80-69(74)75/h8-9,11-14,20-23,37,40-42,45-52,57-58,111-112H,6-7,10,15-19,24-36,38-39,72-73H2,1-5H3,(H,83,96)(H,84,103)(H,85,102)(H,86,97)(H,87,106)(H,88,101)(H,89,108)(H,90,107)(H,91,109)(H,92,104)(H,93,105)(H,99,100)(H4,74,75,80)(H4,76,77,81)(H4,78,79,82)/t40-,41-,42+,45-,46-,47-,48-,49-,50-,51-,52-,57-,58-/m0/s1. The van der Waals surface area contributed by atoms with Crippen molar-refractivity contribution in [1.29, 1.82) is 0 Å². The van der Waals surface area contributed by atoms with E-state index in [4.69, 9.17) is 45.9 Å². The number of benzene rings is 2. The highest BCUT2D eigenvalue weighted by atomic mass is 32.1. The van der Waals surface area contributed by atoms with Gasteiger partial charge in [-0.25, -0.2) is 0 Å². The molecule has 0 aliphatic carbocycles. The average Bonchev–Trinajstić information content (AvgIpc) is 0.822. The second kappa shape index (κ2) is 53.3. The molecule has 0 saturated carbocycles. The summed E-state index contributed by atoms with van der Waals surface area (Å²) in [6.45, 7) is 6.66. The van der Waals surface area contributed by atoms with E-state index in [-0.39, 0.29) is 114 Å². The third-order valence-corrected chi connectivity index (χ3v) is 18.4. The molecule has 0 radical (unpaired) electrons. The molecular formula is C71H115N23O16S2. The van der Waals surface area contributed by atoms with Crippen molar-refractivity contribution in [3.8, 4) is 0 Å². The average molecular weight is 1610 g/mol. The van der Waals surface area contributed by atoms with E-state index in [0.717, 1.165) is 4.90 Å². The van der Waals surface area contributed by atoms with Gasteiger partial charge in [0.05, 0.1) is 31.6 Å². The molecule has 41 heteroatoms. The number of nitrogens with zero attached hydrogens (tertiary/aromatic N) is 4. The van der Waals surface area contributed by atoms with Crippen LogP contribution < -0.4 is 104 Å². The third-order valence-electron chi connectivity index (χ3n) is 17.6. The summed E-state index contributed by atoms with van der Waals surface area (Å²) in [5.74, 6) is -16.2. The molecule has 13 atom stereocenters. The highest BCUT2D eigenvalue weighted by Gasteiger charge is 2.40. The summed E-state index contributed by atoms with van der Waals surface area (Å²) in [7, 11) is 0. The Hall–Kier alpha value is -10.7. The summed E-state index contributed by atoms with van der Waals surface area (Å²) < 4.78 is 0. The number of nitrogens with one attached hydrogen (secondary N) is 11. The third kappa shape index (κ3) is 37.4. The van der Waals surface area contributed by atoms with Gasteiger partial charge in [-0.15, -0.1) is 0 Å². The Balaban J connectivity index is 2.48. The van der Waals surface area contributed by atoms with Gasteiger partial charge in [0.15, 0.2) is 17.9 Å². The number of amides is 13. The molecule has 0 spiro atoms. The fourth-order valence-electron chi connectivity index (χ4n) is 10.9. The fourth-order valence-corrected chi connectivity index (χ4v) is 11.3. The lowest BCUT2D eigenvalue weighted by Crippen LogP contribution is -2.62. The molecule has 0 aliphatic heterocycles. The number of carboxylic acids is 1. The van der Waals surface area contributed by atoms with Gasteiger partial charge < -0.3 is 114 Å². The van der Waals surface area contributed by atoms with Crippen LogP contribution in [0.2, 0.25) is 0 Å². The summed E-state index contributed by atoms with van der Waals surface area (Å²) >= 11 is 8.36. The minimum atomic E-state index is -1.97. The number of nitrogens with two attached hydrogens (primary N) is 8. The van der Waals surface area contributed by atoms with Gasteiger partial charge >= 0.3 is 5.97 Å². The Bertz CT molecular complexity index is 3520. The SMILES string of the molecule is CC[C@H](C)[C@H](NC(=O)[C@H](CCCN=C(N)N)NC(=O)CNC(=O)CNC(=O)[C@H](Cc1ccccc1)NC(=O)[C@@H](C)NC(=O)[C@@H](N)CS)C(=O)N[C@@H](CC(=O)O)C(=O)N[C@@H](CCCN=C(N)N)C(=O)N[C@H](C(=O)N[C@@H](CS)C(=O)N[C@@H](Cc1ccccc1)C(=O)N(C(=O)CCCCCN)[C@H](C=O)CCCN=C(N)N)[C@@H](C)CC. The number of guanidine groups is 3. The van der Waals surface area contributed by atoms with E-state index in [0.29, 0.717) is 43.2 Å². The smallest absolute Gasteiger partial charge is 0.305 e. The second-order valence-corrected chi connectivity index (χ2v) is 27.3. The number of unbranched alkanes of at least 4 members (excludes halogenated alkanes) is 2. The van der Waals surface area contributed by atoms with Crippen molar-refractivity contribution in [3.05, 3.63) is 71.8 Å². The van der Waals surface area contributed by atoms with Gasteiger partial charge in [-0.2, -0.15) is 25.3 Å². The number of carboxylic acid groups (broad SMARTS) is 1. The van der Waals surface area contributed by atoms with Crippen molar-refractivity contribution in [3.63, 3.8) is 0 Å². The predicted molar refractivity (Wildman–Crippen MR) is 425 cm³/mol. The summed E-state index contributed by atoms with van der Waals surface area (Å²) in [4.78, 5) is 220. The van der Waals surface area contributed by atoms with E-state index in [9.17, 15) is 77.0 Å². The van der Waals surface area contributed by atoms with Gasteiger partial charge in [-0.1, -0.05) is 108 Å². The van der Waals surface area contributed by atoms with Crippen molar-refractivity contribution in [2.75, 3.05) is 50.8 Å². The van der Waals surface area contributed by atoms with Crippen LogP contribution in [-0.4, -0.2) is 234 Å². The normalized spacial score (nSPS) is 14.4. The molecule has 2 aromatic carbocycles. The quantitative estimate of drug-likeness (QED) is 0.00965. The monoisotopic (exact) mass is 1610 g/mol. The molecule has 112 heavy (non-hydrogen) atoms. The molecule has 28 N–H and O–H groups in total. The Morgan fingerprint density at radius 2 is 0.911 bits per heavy atom. The number of aldehydes is 1. The fraction of sp³-hybridized carbons (Fsp3) is 0.577. The van der Waals surface area contributed by atoms with Crippen LogP contribution in [0.15, 0.2) is 75.6 Å². The highest BCUT2D eigenvalue weighted by molar-refractivity contribution is 7.80. The molecule has 13 amide bonds. The molecule has 39 nitrogen and oxygen atoms in total. The van der Waals surface area contributed by atoms with Gasteiger partial charge in [0, 0.05) is 50.4 Å². The zero-order valence-corrected chi connectivity index (χ0v) is 65.8. The molecule has 0 saturated heterocycles. The van der Waals surface area contributed by atoms with Gasteiger partial charge in [-0.3, -0.25) is 87.0 Å². The predicted octanol–water partition coefficient (Wildman–Crippen LogP) is -5.56. The number of aliphatic imine (C=N–C) groups is 3. The first-order chi connectivity index (χ1) is 53.1. The van der Waals surface area contributed by atoms with E-state index in [1.54, 1.807) is 88.4 Å². The van der Waals surface area contributed by atoms with Crippen LogP contribution in [-0.2, 0) is 84.8 Å². The first-order valence-electron chi connectivity index (χ1n) is 36.9. The Morgan fingerprint density at radius 3 is 1.38 bits per heavy atom. The summed E-state index contributed by atoms with van der Waals surface area (Å²) in [6.07, 6.45) is 0.522. The first kappa shape index (κ1) is 97.4. The largest absolute Gasteiger partial charge is 0.481 e. The second-order valence-electron chi connectivity index (χ2n) is 26.6. The molecule has 0 aliphatic rings. The van der Waals surface area contributed by atoms with Gasteiger partial charge in [-0.05, 0) is 87.8 Å². The maximum absolute atomic E-state index is 14.8. The van der Waals surface area contributed by atoms with Crippen molar-refractivity contribution in [2.24, 2.45) is 72.7 Å². The number of thiol groups is 2. The minimum absolute atomic E-state index is 0.00557. The molecule has 622 valence electrons. The number of carbonyl (C=O) groups excluding carboxylic acids is 14. The molecule has 0 heterocycles. The molecule has 0 unspecified atom stereocenters. The van der Waals surface area contributed by atoms with Gasteiger partial charge in [0.2, 0.25) is 70.9 Å². The molecule has 2 rings (SSSR count). The Labute approximate surface area is 662 Å². The Morgan fingerprint density at radius 1 is 0.473 bits per heavy atom. The number of hydrogen-bond acceptors (Lipinski definition) is 22. The van der Waals surface area contributed by atoms with E-state index in [1.165, 1.54) is 6.92 Å². The first-order valence-corrected chi connectivity index (χ1v) is 38.1. The summed E-state index contributed by atoms with van der Waals surface area (Å²) in [5.41, 5.74) is 45.8. The zero-order valence-electron chi connectivity index (χ0n) is 64.0. The Kier molecular flexibility index (Phi) is 46.3. The molecule has 0 aromatic heterocycles. The van der Waals surface area contributed by atoms with Crippen LogP contribution in [0.3, 0.4) is 0 Å². The van der Waals surface area contributed by atoms with E-state index < -0.39 is 186 Å². The van der Waals surface area contributed by atoms with Crippen LogP contribution in [0.25, 0.3) is 0 Å². The lowest BCUT2D eigenvalue weighted by molar-refractivity contribution is -0.152. The van der Waals surface area contributed by atoms with Gasteiger partial charge in [0.1, 0.15) is 60.7 Å². The van der Waals surface area contributed by atoms with Gasteiger partial charge in [0.25, 0.3) is 5.91 Å². The number of hydrogen-bond donors (Lipinski definition) is 22. The lowest BCUT2D eigenvalue weighted by Gasteiger charge is -2.32. The van der Waals surface area contributed by atoms with Crippen molar-refractivity contribution < 1.29 is 77.0 Å². The van der Waals surface area contributed by atoms with Crippen molar-refractivity contribution >= 4 is 132 Å². The zero-order chi connectivity index (χ0) is 84.0. The van der Waals surface area contributed by atoms with E-state index >= 15 is 0 Å². The molecule has 0 bridgehead atoms. The highest BCUT2D eigenvalue weighted by Crippen LogP contribution is 2.18. The molecule has 2 aromatic rings. The van der Waals surface area contributed by atoms with Crippen LogP contribution >= 0.6 is 25.3 Å².